The van der Waals surface area contributed by atoms with Gasteiger partial charge in [0, 0.05) is 38.4 Å². The average molecular weight is 259 g/mol. The molecule has 0 saturated carbocycles. The van der Waals surface area contributed by atoms with Gasteiger partial charge in [-0.05, 0) is 37.6 Å². The number of piperidine rings is 1. The first-order valence-corrected chi connectivity index (χ1v) is 7.69. The van der Waals surface area contributed by atoms with Crippen LogP contribution in [0.4, 0.5) is 5.69 Å². The van der Waals surface area contributed by atoms with Gasteiger partial charge in [-0.2, -0.15) is 0 Å². The van der Waals surface area contributed by atoms with Gasteiger partial charge < -0.3 is 15.1 Å². The summed E-state index contributed by atoms with van der Waals surface area (Å²) in [7, 11) is 0. The molecule has 0 atom stereocenters. The van der Waals surface area contributed by atoms with Gasteiger partial charge in [-0.1, -0.05) is 24.6 Å². The molecule has 0 amide bonds. The molecule has 1 fully saturated rings. The summed E-state index contributed by atoms with van der Waals surface area (Å²) in [5.41, 5.74) is 2.88. The van der Waals surface area contributed by atoms with Gasteiger partial charge in [0.15, 0.2) is 0 Å². The molecule has 1 aromatic rings. The first-order chi connectivity index (χ1) is 9.43. The lowest BCUT2D eigenvalue weighted by molar-refractivity contribution is 0.233. The molecule has 0 radical (unpaired) electrons. The molecule has 3 rings (SSSR count). The largest absolute Gasteiger partial charge is 0.369 e. The molecule has 2 heterocycles. The molecule has 104 valence electrons. The molecule has 1 N–H and O–H groups in total. The zero-order chi connectivity index (χ0) is 12.9. The number of likely N-dealkylation sites (tertiary alicyclic amines) is 1. The monoisotopic (exact) mass is 259 g/mol. The predicted molar refractivity (Wildman–Crippen MR) is 80.7 cm³/mol. The number of rotatable bonds is 3. The Labute approximate surface area is 116 Å². The van der Waals surface area contributed by atoms with Crippen molar-refractivity contribution < 1.29 is 0 Å². The molecule has 0 bridgehead atoms. The highest BCUT2D eigenvalue weighted by atomic mass is 15.2. The van der Waals surface area contributed by atoms with E-state index in [4.69, 9.17) is 0 Å². The molecular weight excluding hydrogens is 234 g/mol. The third-order valence-corrected chi connectivity index (χ3v) is 4.34. The average Bonchev–Trinajstić information content (AvgIpc) is 2.68. The van der Waals surface area contributed by atoms with Crippen LogP contribution in [0.3, 0.4) is 0 Å². The van der Waals surface area contributed by atoms with Crippen LogP contribution in [-0.4, -0.2) is 44.2 Å². The topological polar surface area (TPSA) is 18.5 Å². The van der Waals surface area contributed by atoms with Gasteiger partial charge in [-0.15, -0.1) is 0 Å². The summed E-state index contributed by atoms with van der Waals surface area (Å²) in [4.78, 5) is 5.19. The van der Waals surface area contributed by atoms with Gasteiger partial charge in [-0.3, -0.25) is 0 Å². The molecule has 3 heteroatoms. The summed E-state index contributed by atoms with van der Waals surface area (Å²) in [6.45, 7) is 8.21. The summed E-state index contributed by atoms with van der Waals surface area (Å²) < 4.78 is 0. The van der Waals surface area contributed by atoms with Crippen molar-refractivity contribution in [3.05, 3.63) is 29.8 Å². The third-order valence-electron chi connectivity index (χ3n) is 4.34. The van der Waals surface area contributed by atoms with Gasteiger partial charge in [-0.25, -0.2) is 0 Å². The Hall–Kier alpha value is -1.06. The number of benzene rings is 1. The Kier molecular flexibility index (Phi) is 4.36. The normalized spacial score (nSPS) is 20.9. The Morgan fingerprint density at radius 2 is 1.79 bits per heavy atom. The van der Waals surface area contributed by atoms with Gasteiger partial charge in [0.1, 0.15) is 0 Å². The molecule has 19 heavy (non-hydrogen) atoms. The van der Waals surface area contributed by atoms with Gasteiger partial charge in [0.2, 0.25) is 0 Å². The minimum absolute atomic E-state index is 1.01. The van der Waals surface area contributed by atoms with E-state index in [1.807, 2.05) is 0 Å². The van der Waals surface area contributed by atoms with Crippen LogP contribution in [0.5, 0.6) is 0 Å². The van der Waals surface area contributed by atoms with Crippen molar-refractivity contribution in [1.29, 1.82) is 0 Å². The maximum Gasteiger partial charge on any atom is 0.0412 e. The molecule has 0 unspecified atom stereocenters. The molecule has 2 aliphatic heterocycles. The van der Waals surface area contributed by atoms with E-state index in [-0.39, 0.29) is 0 Å². The zero-order valence-electron chi connectivity index (χ0n) is 11.8. The van der Waals surface area contributed by atoms with E-state index in [1.165, 1.54) is 56.7 Å². The minimum atomic E-state index is 1.01. The summed E-state index contributed by atoms with van der Waals surface area (Å²) >= 11 is 0. The fourth-order valence-corrected chi connectivity index (χ4v) is 3.20. The van der Waals surface area contributed by atoms with Crippen LogP contribution in [0.1, 0.15) is 24.8 Å². The summed E-state index contributed by atoms with van der Waals surface area (Å²) in [5.74, 6) is 0. The number of anilines is 1. The number of nitrogens with zero attached hydrogens (tertiary/aromatic N) is 2. The van der Waals surface area contributed by atoms with Crippen molar-refractivity contribution in [3.63, 3.8) is 0 Å². The number of fused-ring (bicyclic) bond motifs is 1. The van der Waals surface area contributed by atoms with Crippen LogP contribution >= 0.6 is 0 Å². The minimum Gasteiger partial charge on any atom is -0.369 e. The van der Waals surface area contributed by atoms with Crippen LogP contribution in [0, 0.1) is 0 Å². The number of hydrogen-bond donors (Lipinski definition) is 1. The van der Waals surface area contributed by atoms with E-state index >= 15 is 0 Å². The number of para-hydroxylation sites is 1. The van der Waals surface area contributed by atoms with Crippen LogP contribution in [0.25, 0.3) is 0 Å². The fraction of sp³-hybridized carbons (Fsp3) is 0.625. The van der Waals surface area contributed by atoms with Gasteiger partial charge in [0.05, 0.1) is 0 Å². The molecule has 1 saturated heterocycles. The lowest BCUT2D eigenvalue weighted by Crippen LogP contribution is -2.39. The van der Waals surface area contributed by atoms with E-state index in [1.54, 1.807) is 0 Å². The maximum atomic E-state index is 3.52. The van der Waals surface area contributed by atoms with Crippen molar-refractivity contribution in [1.82, 2.24) is 10.2 Å². The van der Waals surface area contributed by atoms with Gasteiger partial charge >= 0.3 is 0 Å². The van der Waals surface area contributed by atoms with Crippen LogP contribution in [-0.2, 0) is 6.54 Å². The maximum absolute atomic E-state index is 3.52. The van der Waals surface area contributed by atoms with E-state index in [9.17, 15) is 0 Å². The quantitative estimate of drug-likeness (QED) is 0.896. The standard InChI is InChI=1S/C16H25N3/c1-4-9-18(10-5-1)12-13-19-11-8-17-14-15-6-2-3-7-16(15)19/h2-3,6-7,17H,1,4-5,8-14H2. The van der Waals surface area contributed by atoms with E-state index in [0.29, 0.717) is 0 Å². The lowest BCUT2D eigenvalue weighted by atomic mass is 10.1. The van der Waals surface area contributed by atoms with Crippen molar-refractivity contribution in [2.45, 2.75) is 25.8 Å². The van der Waals surface area contributed by atoms with Crippen molar-refractivity contribution in [3.8, 4) is 0 Å². The van der Waals surface area contributed by atoms with Crippen LogP contribution in [0.15, 0.2) is 24.3 Å². The SMILES string of the molecule is c1ccc2c(c1)CNCCN2CCN1CCCCC1. The Morgan fingerprint density at radius 1 is 0.947 bits per heavy atom. The molecule has 0 aliphatic carbocycles. The van der Waals surface area contributed by atoms with Gasteiger partial charge in [0.25, 0.3) is 0 Å². The lowest BCUT2D eigenvalue weighted by Gasteiger charge is -2.31. The van der Waals surface area contributed by atoms with Crippen LogP contribution < -0.4 is 10.2 Å². The second-order valence-corrected chi connectivity index (χ2v) is 5.69. The second kappa shape index (κ2) is 6.40. The Bertz CT molecular complexity index is 399. The molecule has 0 spiro atoms. The molecular formula is C16H25N3. The second-order valence-electron chi connectivity index (χ2n) is 5.69. The highest BCUT2D eigenvalue weighted by Gasteiger charge is 2.16. The first-order valence-electron chi connectivity index (χ1n) is 7.69. The summed E-state index contributed by atoms with van der Waals surface area (Å²) in [5, 5.41) is 3.52. The first kappa shape index (κ1) is 12.9. The number of hydrogen-bond acceptors (Lipinski definition) is 3. The zero-order valence-corrected chi connectivity index (χ0v) is 11.8. The number of nitrogens with one attached hydrogen (secondary N) is 1. The van der Waals surface area contributed by atoms with Crippen molar-refractivity contribution in [2.75, 3.05) is 44.2 Å². The highest BCUT2D eigenvalue weighted by molar-refractivity contribution is 5.54. The van der Waals surface area contributed by atoms with Crippen molar-refractivity contribution in [2.24, 2.45) is 0 Å². The van der Waals surface area contributed by atoms with E-state index < -0.39 is 0 Å². The smallest absolute Gasteiger partial charge is 0.0412 e. The van der Waals surface area contributed by atoms with Crippen molar-refractivity contribution >= 4 is 5.69 Å². The fourth-order valence-electron chi connectivity index (χ4n) is 3.20. The Balaban J connectivity index is 1.63. The molecule has 0 aromatic heterocycles. The highest BCUT2D eigenvalue weighted by Crippen LogP contribution is 2.22. The third kappa shape index (κ3) is 3.28. The summed E-state index contributed by atoms with van der Waals surface area (Å²) in [6.07, 6.45) is 4.20. The van der Waals surface area contributed by atoms with Crippen LogP contribution in [0.2, 0.25) is 0 Å². The Morgan fingerprint density at radius 3 is 2.68 bits per heavy atom. The predicted octanol–water partition coefficient (Wildman–Crippen LogP) is 2.08. The van der Waals surface area contributed by atoms with E-state index in [0.717, 1.165) is 19.6 Å². The molecule has 2 aliphatic rings. The van der Waals surface area contributed by atoms with E-state index in [2.05, 4.69) is 39.4 Å². The molecule has 1 aromatic carbocycles. The summed E-state index contributed by atoms with van der Waals surface area (Å²) in [6, 6.07) is 8.84. The molecule has 3 nitrogen and oxygen atoms in total.